The largest absolute Gasteiger partial charge is 0.612 e. The van der Waals surface area contributed by atoms with E-state index in [1.54, 1.807) is 21.5 Å². The molecule has 0 aliphatic carbocycles. The van der Waals surface area contributed by atoms with Gasteiger partial charge in [-0.1, -0.05) is 6.08 Å². The van der Waals surface area contributed by atoms with Gasteiger partial charge in [0.2, 0.25) is 0 Å². The number of nitrogen functional groups attached to an aromatic ring is 1. The van der Waals surface area contributed by atoms with Crippen LogP contribution in [-0.2, 0) is 20.8 Å². The maximum atomic E-state index is 12.9. The third-order valence-electron chi connectivity index (χ3n) is 4.48. The quantitative estimate of drug-likeness (QED) is 0.219. The van der Waals surface area contributed by atoms with Crippen LogP contribution in [0.4, 0.5) is 5.13 Å². The summed E-state index contributed by atoms with van der Waals surface area (Å²) in [6, 6.07) is -0.315. The molecule has 2 aliphatic heterocycles. The average molecular weight is 439 g/mol. The molecule has 12 heteroatoms. The zero-order valence-corrected chi connectivity index (χ0v) is 17.5. The van der Waals surface area contributed by atoms with Crippen molar-refractivity contribution in [3.8, 4) is 0 Å². The van der Waals surface area contributed by atoms with Crippen LogP contribution in [0.2, 0.25) is 0 Å². The highest BCUT2D eigenvalue weighted by molar-refractivity contribution is 7.94. The van der Waals surface area contributed by atoms with Crippen LogP contribution in [0.25, 0.3) is 0 Å². The number of hydrazine groups is 1. The zero-order valence-electron chi connectivity index (χ0n) is 15.8. The van der Waals surface area contributed by atoms with Gasteiger partial charge in [0.15, 0.2) is 15.7 Å². The van der Waals surface area contributed by atoms with E-state index in [-0.39, 0.29) is 30.5 Å². The number of anilines is 1. The lowest BCUT2D eigenvalue weighted by Crippen LogP contribution is -2.43. The molecule has 2 atom stereocenters. The minimum atomic E-state index is -1.38. The van der Waals surface area contributed by atoms with E-state index in [1.165, 1.54) is 17.6 Å². The number of carboxylic acids is 1. The number of aliphatic carboxylic acids is 1. The number of carboxylic acid groups (broad SMARTS) is 1. The van der Waals surface area contributed by atoms with Crippen molar-refractivity contribution in [3.63, 3.8) is 0 Å². The molecule has 1 aromatic heterocycles. The van der Waals surface area contributed by atoms with Crippen molar-refractivity contribution < 1.29 is 19.2 Å². The Labute approximate surface area is 174 Å². The molecule has 1 aromatic rings. The van der Waals surface area contributed by atoms with Gasteiger partial charge in [0.1, 0.15) is 17.7 Å². The van der Waals surface area contributed by atoms with Crippen LogP contribution in [0.3, 0.4) is 0 Å². The van der Waals surface area contributed by atoms with Crippen LogP contribution < -0.4 is 11.1 Å². The topological polar surface area (TPSA) is 147 Å². The molecule has 2 aliphatic rings. The number of aromatic nitrogens is 1. The van der Waals surface area contributed by atoms with Crippen LogP contribution in [-0.4, -0.2) is 80.7 Å². The second-order valence-corrected chi connectivity index (χ2v) is 8.80. The van der Waals surface area contributed by atoms with E-state index in [9.17, 15) is 19.2 Å². The number of carbonyl (C=O) groups excluding carboxylic acids is 1. The van der Waals surface area contributed by atoms with Crippen LogP contribution in [0.5, 0.6) is 0 Å². The molecule has 1 amide bonds. The molecule has 3 heterocycles. The van der Waals surface area contributed by atoms with Gasteiger partial charge in [0.05, 0.1) is 19.1 Å². The van der Waals surface area contributed by atoms with E-state index in [4.69, 9.17) is 5.73 Å². The molecule has 156 valence electrons. The second-order valence-electron chi connectivity index (χ2n) is 6.51. The Morgan fingerprint density at radius 2 is 2.34 bits per heavy atom. The maximum absolute atomic E-state index is 12.9. The number of amides is 1. The molecule has 0 bridgehead atoms. The van der Waals surface area contributed by atoms with Gasteiger partial charge in [-0.25, -0.2) is 14.8 Å². The first kappa shape index (κ1) is 21.3. The number of nitrogens with zero attached hydrogens (tertiary/aromatic N) is 4. The third-order valence-corrected chi connectivity index (χ3v) is 6.17. The normalized spacial score (nSPS) is 20.7. The third kappa shape index (κ3) is 4.61. The van der Waals surface area contributed by atoms with E-state index in [0.29, 0.717) is 35.2 Å². The minimum absolute atomic E-state index is 0.0229. The number of hydrogen-bond acceptors (Lipinski definition) is 9. The summed E-state index contributed by atoms with van der Waals surface area (Å²) in [7, 11) is 0. The number of rotatable bonds is 8. The summed E-state index contributed by atoms with van der Waals surface area (Å²) in [5.74, 6) is -1.53. The molecule has 4 N–H and O–H groups in total. The SMILES string of the molecule is C=CCCN=C(C(=O)N[C@H]1CN2CC([S+](C)[O-])=C(C(=O)O)N2C1)c1csc(N)n1. The van der Waals surface area contributed by atoms with Crippen molar-refractivity contribution in [2.75, 3.05) is 38.2 Å². The van der Waals surface area contributed by atoms with Crippen molar-refractivity contribution in [3.05, 3.63) is 34.3 Å². The van der Waals surface area contributed by atoms with Gasteiger partial charge in [-0.3, -0.25) is 14.8 Å². The van der Waals surface area contributed by atoms with Gasteiger partial charge < -0.3 is 20.7 Å². The molecule has 29 heavy (non-hydrogen) atoms. The van der Waals surface area contributed by atoms with Crippen molar-refractivity contribution >= 4 is 45.2 Å². The fraction of sp³-hybridized carbons (Fsp3) is 0.412. The summed E-state index contributed by atoms with van der Waals surface area (Å²) in [5.41, 5.74) is 6.30. The summed E-state index contributed by atoms with van der Waals surface area (Å²) >= 11 is -0.154. The first-order chi connectivity index (χ1) is 13.8. The lowest BCUT2D eigenvalue weighted by Gasteiger charge is -2.20. The van der Waals surface area contributed by atoms with E-state index < -0.39 is 23.1 Å². The van der Waals surface area contributed by atoms with Crippen LogP contribution in [0, 0.1) is 0 Å². The molecular weight excluding hydrogens is 416 g/mol. The molecule has 1 saturated heterocycles. The molecule has 0 radical (unpaired) electrons. The minimum Gasteiger partial charge on any atom is -0.612 e. The predicted octanol–water partition coefficient (Wildman–Crippen LogP) is -0.204. The molecule has 0 saturated carbocycles. The summed E-state index contributed by atoms with van der Waals surface area (Å²) in [4.78, 5) is 33.4. The number of thiazole rings is 1. The fourth-order valence-electron chi connectivity index (χ4n) is 3.24. The van der Waals surface area contributed by atoms with Crippen molar-refractivity contribution in [1.82, 2.24) is 20.3 Å². The Hall–Kier alpha value is -2.41. The predicted molar refractivity (Wildman–Crippen MR) is 112 cm³/mol. The molecule has 1 fully saturated rings. The van der Waals surface area contributed by atoms with Crippen molar-refractivity contribution in [1.29, 1.82) is 0 Å². The van der Waals surface area contributed by atoms with Crippen LogP contribution in [0.15, 0.2) is 33.6 Å². The van der Waals surface area contributed by atoms with E-state index in [1.807, 2.05) is 0 Å². The number of aliphatic imine (C=N–C) groups is 1. The van der Waals surface area contributed by atoms with Crippen LogP contribution in [0.1, 0.15) is 12.1 Å². The Morgan fingerprint density at radius 3 is 2.93 bits per heavy atom. The van der Waals surface area contributed by atoms with Crippen molar-refractivity contribution in [2.24, 2.45) is 4.99 Å². The van der Waals surface area contributed by atoms with E-state index in [2.05, 4.69) is 21.9 Å². The van der Waals surface area contributed by atoms with Crippen LogP contribution >= 0.6 is 11.3 Å². The molecular formula is C17H22N6O4S2. The summed E-state index contributed by atoms with van der Waals surface area (Å²) in [6.45, 7) is 4.98. The Bertz CT molecular complexity index is 881. The Morgan fingerprint density at radius 1 is 1.59 bits per heavy atom. The smallest absolute Gasteiger partial charge is 0.358 e. The average Bonchev–Trinajstić information content (AvgIpc) is 3.32. The van der Waals surface area contributed by atoms with E-state index >= 15 is 0 Å². The second kappa shape index (κ2) is 8.95. The highest BCUT2D eigenvalue weighted by Crippen LogP contribution is 2.30. The fourth-order valence-corrected chi connectivity index (χ4v) is 4.58. The van der Waals surface area contributed by atoms with Crippen molar-refractivity contribution in [2.45, 2.75) is 12.5 Å². The monoisotopic (exact) mass is 438 g/mol. The molecule has 3 rings (SSSR count). The number of carbonyl (C=O) groups is 2. The maximum Gasteiger partial charge on any atom is 0.358 e. The number of hydrogen-bond donors (Lipinski definition) is 3. The van der Waals surface area contributed by atoms with Gasteiger partial charge in [0, 0.05) is 18.5 Å². The van der Waals surface area contributed by atoms with Gasteiger partial charge in [-0.2, -0.15) is 0 Å². The Kier molecular flexibility index (Phi) is 6.57. The standard InChI is InChI=1S/C17H22N6O4S2/c1-3-4-5-19-13(11-9-28-17(18)21-11)15(24)20-10-6-22-8-12(29(2)27)14(16(25)26)23(22)7-10/h3,9-10H,1,4-8H2,2H3,(H2,18,21)(H,20,24)(H,25,26)/t10-,29?/m0/s1. The lowest BCUT2D eigenvalue weighted by atomic mass is 10.2. The van der Waals surface area contributed by atoms with E-state index in [0.717, 1.165) is 0 Å². The number of nitrogens with two attached hydrogens (primary N) is 1. The van der Waals surface area contributed by atoms with Gasteiger partial charge in [-0.05, 0) is 17.6 Å². The van der Waals surface area contributed by atoms with Gasteiger partial charge in [-0.15, -0.1) is 17.9 Å². The molecule has 1 unspecified atom stereocenters. The summed E-state index contributed by atoms with van der Waals surface area (Å²) < 4.78 is 11.9. The van der Waals surface area contributed by atoms with Gasteiger partial charge in [0.25, 0.3) is 5.91 Å². The summed E-state index contributed by atoms with van der Waals surface area (Å²) in [5, 5.41) is 17.8. The molecule has 0 spiro atoms. The van der Waals surface area contributed by atoms with Gasteiger partial charge >= 0.3 is 5.97 Å². The highest BCUT2D eigenvalue weighted by Gasteiger charge is 2.45. The first-order valence-electron chi connectivity index (χ1n) is 8.81. The number of fused-ring (bicyclic) bond motifs is 1. The Balaban J connectivity index is 1.73. The first-order valence-corrected chi connectivity index (χ1v) is 11.3. The summed E-state index contributed by atoms with van der Waals surface area (Å²) in [6.07, 6.45) is 3.79. The highest BCUT2D eigenvalue weighted by atomic mass is 32.2. The molecule has 0 aromatic carbocycles. The number of nitrogens with one attached hydrogen (secondary N) is 1. The lowest BCUT2D eigenvalue weighted by molar-refractivity contribution is -0.135. The zero-order chi connectivity index (χ0) is 21.1. The molecule has 10 nitrogen and oxygen atoms in total.